The van der Waals surface area contributed by atoms with Gasteiger partial charge in [-0.2, -0.15) is 0 Å². The molecule has 1 N–H and O–H groups in total. The van der Waals surface area contributed by atoms with Gasteiger partial charge in [-0.05, 0) is 35.4 Å². The monoisotopic (exact) mass is 338 g/mol. The van der Waals surface area contributed by atoms with Crippen LogP contribution in [0.15, 0.2) is 47.4 Å². The molecule has 0 amide bonds. The van der Waals surface area contributed by atoms with E-state index in [9.17, 15) is 22.7 Å². The first-order valence-electron chi connectivity index (χ1n) is 6.47. The predicted octanol–water partition coefficient (Wildman–Crippen LogP) is 0.676. The van der Waals surface area contributed by atoms with E-state index in [1.165, 1.54) is 7.11 Å². The van der Waals surface area contributed by atoms with Gasteiger partial charge in [0.2, 0.25) is 10.0 Å². The molecule has 0 saturated heterocycles. The Hall–Kier alpha value is -2.45. The van der Waals surface area contributed by atoms with Crippen LogP contribution >= 0.6 is 0 Å². The number of methoxy groups -OCH3 is 1. The lowest BCUT2D eigenvalue weighted by molar-refractivity contribution is -0.255. The van der Waals surface area contributed by atoms with E-state index >= 15 is 0 Å². The zero-order valence-electron chi connectivity index (χ0n) is 12.1. The van der Waals surface area contributed by atoms with Crippen LogP contribution in [0.4, 0.5) is 4.39 Å². The average molecular weight is 338 g/mol. The van der Waals surface area contributed by atoms with E-state index in [0.29, 0.717) is 11.3 Å². The van der Waals surface area contributed by atoms with Crippen LogP contribution in [0, 0.1) is 5.82 Å². The fourth-order valence-corrected chi connectivity index (χ4v) is 2.95. The highest BCUT2D eigenvalue weighted by atomic mass is 32.2. The highest BCUT2D eigenvalue weighted by Crippen LogP contribution is 2.17. The number of carbonyl (C=O) groups excluding carboxylic acids is 1. The fourth-order valence-electron chi connectivity index (χ4n) is 1.84. The number of ether oxygens (including phenoxy) is 1. The largest absolute Gasteiger partial charge is 0.545 e. The minimum absolute atomic E-state index is 0.0820. The van der Waals surface area contributed by atoms with Crippen molar-refractivity contribution in [2.75, 3.05) is 7.11 Å². The molecule has 23 heavy (non-hydrogen) atoms. The first-order valence-corrected chi connectivity index (χ1v) is 7.95. The smallest absolute Gasteiger partial charge is 0.243 e. The van der Waals surface area contributed by atoms with Gasteiger partial charge in [-0.15, -0.1) is 0 Å². The van der Waals surface area contributed by atoms with Crippen LogP contribution in [-0.2, 0) is 16.6 Å². The number of carboxylic acids is 1. The van der Waals surface area contributed by atoms with Crippen molar-refractivity contribution in [1.82, 2.24) is 4.72 Å². The average Bonchev–Trinajstić information content (AvgIpc) is 2.53. The third kappa shape index (κ3) is 4.05. The van der Waals surface area contributed by atoms with Crippen LogP contribution in [0.1, 0.15) is 15.9 Å². The molecule has 0 aliphatic heterocycles. The Morgan fingerprint density at radius 3 is 2.43 bits per heavy atom. The van der Waals surface area contributed by atoms with Crippen molar-refractivity contribution in [3.63, 3.8) is 0 Å². The Labute approximate surface area is 132 Å². The zero-order chi connectivity index (χ0) is 17.0. The number of hydrogen-bond donors (Lipinski definition) is 1. The van der Waals surface area contributed by atoms with E-state index in [-0.39, 0.29) is 6.54 Å². The summed E-state index contributed by atoms with van der Waals surface area (Å²) in [4.78, 5) is 10.0. The summed E-state index contributed by atoms with van der Waals surface area (Å²) in [7, 11) is -2.70. The lowest BCUT2D eigenvalue weighted by Crippen LogP contribution is -2.26. The van der Waals surface area contributed by atoms with Gasteiger partial charge in [0.15, 0.2) is 0 Å². The van der Waals surface area contributed by atoms with E-state index in [2.05, 4.69) is 4.72 Å². The Balaban J connectivity index is 2.21. The number of carboxylic acid groups (broad SMARTS) is 1. The maximum absolute atomic E-state index is 13.7. The summed E-state index contributed by atoms with van der Waals surface area (Å²) < 4.78 is 45.2. The first-order chi connectivity index (χ1) is 10.8. The summed E-state index contributed by atoms with van der Waals surface area (Å²) in [5.74, 6) is -2.02. The number of halogens is 1. The van der Waals surface area contributed by atoms with E-state index in [0.717, 1.165) is 18.2 Å². The summed E-state index contributed by atoms with van der Waals surface area (Å²) in [5, 5.41) is 10.8. The third-order valence-electron chi connectivity index (χ3n) is 3.08. The highest BCUT2D eigenvalue weighted by Gasteiger charge is 2.19. The first kappa shape index (κ1) is 16.9. The van der Waals surface area contributed by atoms with Crippen LogP contribution in [0.2, 0.25) is 0 Å². The second-order valence-corrected chi connectivity index (χ2v) is 6.34. The van der Waals surface area contributed by atoms with Gasteiger partial charge in [0, 0.05) is 6.54 Å². The molecular formula is C15H13FNO5S-. The molecule has 0 spiro atoms. The third-order valence-corrected chi connectivity index (χ3v) is 4.50. The molecule has 0 saturated carbocycles. The lowest BCUT2D eigenvalue weighted by Gasteiger charge is -2.10. The van der Waals surface area contributed by atoms with Crippen molar-refractivity contribution in [2.24, 2.45) is 0 Å². The Bertz CT molecular complexity index is 818. The molecule has 8 heteroatoms. The molecule has 0 fully saturated rings. The molecule has 0 aliphatic rings. The summed E-state index contributed by atoms with van der Waals surface area (Å²) in [6, 6.07) is 9.04. The highest BCUT2D eigenvalue weighted by molar-refractivity contribution is 7.89. The van der Waals surface area contributed by atoms with Crippen molar-refractivity contribution in [3.05, 3.63) is 59.4 Å². The maximum atomic E-state index is 13.7. The van der Waals surface area contributed by atoms with E-state index in [4.69, 9.17) is 4.74 Å². The Morgan fingerprint density at radius 1 is 1.22 bits per heavy atom. The molecule has 0 unspecified atom stereocenters. The second-order valence-electron chi connectivity index (χ2n) is 4.61. The van der Waals surface area contributed by atoms with Crippen LogP contribution in [0.25, 0.3) is 0 Å². The van der Waals surface area contributed by atoms with Gasteiger partial charge in [0.05, 0.1) is 13.1 Å². The number of nitrogens with one attached hydrogen (secondary N) is 1. The molecule has 0 aromatic heterocycles. The summed E-state index contributed by atoms with van der Waals surface area (Å²) in [5.41, 5.74) is 0.210. The normalized spacial score (nSPS) is 11.2. The molecule has 2 rings (SSSR count). The molecule has 0 heterocycles. The maximum Gasteiger partial charge on any atom is 0.243 e. The van der Waals surface area contributed by atoms with Gasteiger partial charge in [-0.3, -0.25) is 0 Å². The number of carbonyl (C=O) groups is 1. The zero-order valence-corrected chi connectivity index (χ0v) is 12.9. The number of sulfonamides is 1. The van der Waals surface area contributed by atoms with Crippen LogP contribution in [0.5, 0.6) is 5.75 Å². The molecule has 6 nitrogen and oxygen atoms in total. The molecule has 0 atom stereocenters. The molecule has 2 aromatic rings. The minimum Gasteiger partial charge on any atom is -0.545 e. The van der Waals surface area contributed by atoms with Gasteiger partial charge in [-0.1, -0.05) is 18.2 Å². The summed E-state index contributed by atoms with van der Waals surface area (Å²) in [6.07, 6.45) is 0. The predicted molar refractivity (Wildman–Crippen MR) is 77.8 cm³/mol. The Kier molecular flexibility index (Phi) is 4.97. The fraction of sp³-hybridized carbons (Fsp3) is 0.133. The molecule has 0 radical (unpaired) electrons. The van der Waals surface area contributed by atoms with Gasteiger partial charge >= 0.3 is 0 Å². The number of rotatable bonds is 6. The van der Waals surface area contributed by atoms with Gasteiger partial charge < -0.3 is 14.6 Å². The van der Waals surface area contributed by atoms with E-state index in [1.54, 1.807) is 24.3 Å². The quantitative estimate of drug-likeness (QED) is 0.835. The van der Waals surface area contributed by atoms with Gasteiger partial charge in [0.25, 0.3) is 0 Å². The van der Waals surface area contributed by atoms with Crippen molar-refractivity contribution >= 4 is 16.0 Å². The summed E-state index contributed by atoms with van der Waals surface area (Å²) >= 11 is 0. The molecule has 0 aliphatic carbocycles. The van der Waals surface area contributed by atoms with Crippen LogP contribution in [-0.4, -0.2) is 21.5 Å². The van der Waals surface area contributed by atoms with Crippen molar-refractivity contribution in [2.45, 2.75) is 11.4 Å². The molecule has 122 valence electrons. The van der Waals surface area contributed by atoms with Crippen LogP contribution in [0.3, 0.4) is 0 Å². The lowest BCUT2D eigenvalue weighted by atomic mass is 10.2. The van der Waals surface area contributed by atoms with E-state index in [1.807, 2.05) is 0 Å². The standard InChI is InChI=1S/C15H14FNO5S/c1-22-12-5-2-10(3-6-12)9-17-23(20,21)14-8-11(15(18)19)4-7-13(14)16/h2-8,17H,9H2,1H3,(H,18,19)/p-1. The van der Waals surface area contributed by atoms with Crippen LogP contribution < -0.4 is 14.6 Å². The van der Waals surface area contributed by atoms with Gasteiger partial charge in [0.1, 0.15) is 16.5 Å². The van der Waals surface area contributed by atoms with Crippen molar-refractivity contribution in [3.8, 4) is 5.75 Å². The van der Waals surface area contributed by atoms with Crippen molar-refractivity contribution < 1.29 is 27.4 Å². The number of aromatic carboxylic acids is 1. The van der Waals surface area contributed by atoms with E-state index < -0.39 is 32.3 Å². The summed E-state index contributed by atoms with van der Waals surface area (Å²) in [6.45, 7) is -0.0820. The molecule has 2 aromatic carbocycles. The number of hydrogen-bond acceptors (Lipinski definition) is 5. The SMILES string of the molecule is COc1ccc(CNS(=O)(=O)c2cc(C(=O)[O-])ccc2F)cc1. The molecular weight excluding hydrogens is 325 g/mol. The topological polar surface area (TPSA) is 95.5 Å². The number of benzene rings is 2. The van der Waals surface area contributed by atoms with Gasteiger partial charge in [-0.25, -0.2) is 17.5 Å². The second kappa shape index (κ2) is 6.76. The Morgan fingerprint density at radius 2 is 1.87 bits per heavy atom. The minimum atomic E-state index is -4.21. The molecule has 0 bridgehead atoms. The van der Waals surface area contributed by atoms with Crippen molar-refractivity contribution in [1.29, 1.82) is 0 Å².